The van der Waals surface area contributed by atoms with Crippen molar-refractivity contribution in [1.29, 1.82) is 5.26 Å². The third-order valence-corrected chi connectivity index (χ3v) is 1.45. The van der Waals surface area contributed by atoms with Crippen molar-refractivity contribution in [3.8, 4) is 6.07 Å². The Morgan fingerprint density at radius 1 is 1.82 bits per heavy atom. The number of hydrogen-bond acceptors (Lipinski definition) is 3. The van der Waals surface area contributed by atoms with Gasteiger partial charge in [0.05, 0.1) is 5.56 Å². The maximum Gasteiger partial charge on any atom is 0.225 e. The summed E-state index contributed by atoms with van der Waals surface area (Å²) in [4.78, 5) is 12.9. The first-order valence-corrected chi connectivity index (χ1v) is 3.20. The molecule has 0 saturated carbocycles. The number of nitrogens with zero attached hydrogens (tertiary/aromatic N) is 2. The summed E-state index contributed by atoms with van der Waals surface area (Å²) < 4.78 is 1.06. The van der Waals surface area contributed by atoms with Crippen molar-refractivity contribution in [2.75, 3.05) is 4.31 Å². The van der Waals surface area contributed by atoms with Gasteiger partial charge < -0.3 is 4.98 Å². The lowest BCUT2D eigenvalue weighted by Gasteiger charge is -2.03. The van der Waals surface area contributed by atoms with Crippen LogP contribution in [0.5, 0.6) is 0 Å². The Morgan fingerprint density at radius 2 is 2.55 bits per heavy atom. The summed E-state index contributed by atoms with van der Waals surface area (Å²) in [5.74, 6) is 0.486. The predicted molar refractivity (Wildman–Crippen MR) is 43.0 cm³/mol. The highest BCUT2D eigenvalue weighted by atomic mass is 32.1. The quantitative estimate of drug-likeness (QED) is 0.503. The molecule has 1 amide bonds. The molecular formula is C6H5N3OS. The molecule has 1 aromatic heterocycles. The van der Waals surface area contributed by atoms with Gasteiger partial charge in [0.15, 0.2) is 0 Å². The Hall–Kier alpha value is -1.41. The van der Waals surface area contributed by atoms with Crippen LogP contribution in [-0.4, -0.2) is 11.4 Å². The maximum atomic E-state index is 10.1. The number of anilines is 1. The van der Waals surface area contributed by atoms with E-state index in [9.17, 15) is 4.79 Å². The Balaban J connectivity index is 2.90. The van der Waals surface area contributed by atoms with Gasteiger partial charge in [-0.2, -0.15) is 5.26 Å². The van der Waals surface area contributed by atoms with Crippen molar-refractivity contribution in [2.45, 2.75) is 0 Å². The zero-order valence-corrected chi connectivity index (χ0v) is 6.38. The molecule has 4 nitrogen and oxygen atoms in total. The van der Waals surface area contributed by atoms with E-state index in [1.807, 2.05) is 6.07 Å². The maximum absolute atomic E-state index is 10.1. The van der Waals surface area contributed by atoms with E-state index in [2.05, 4.69) is 17.8 Å². The van der Waals surface area contributed by atoms with Crippen LogP contribution in [0.3, 0.4) is 0 Å². The first-order valence-electron chi connectivity index (χ1n) is 2.80. The molecule has 0 aromatic carbocycles. The minimum atomic E-state index is 0.473. The minimum Gasteiger partial charge on any atom is -0.346 e. The fourth-order valence-corrected chi connectivity index (χ4v) is 0.751. The zero-order valence-electron chi connectivity index (χ0n) is 5.48. The topological polar surface area (TPSA) is 59.9 Å². The van der Waals surface area contributed by atoms with Crippen LogP contribution >= 0.6 is 12.8 Å². The van der Waals surface area contributed by atoms with E-state index in [4.69, 9.17) is 5.26 Å². The molecule has 1 N–H and O–H groups in total. The lowest BCUT2D eigenvalue weighted by molar-refractivity contribution is -0.106. The lowest BCUT2D eigenvalue weighted by Crippen LogP contribution is -2.05. The van der Waals surface area contributed by atoms with Gasteiger partial charge in [-0.3, -0.25) is 4.79 Å². The van der Waals surface area contributed by atoms with Crippen LogP contribution in [0.25, 0.3) is 0 Å². The summed E-state index contributed by atoms with van der Waals surface area (Å²) >= 11 is 3.80. The molecule has 0 atom stereocenters. The van der Waals surface area contributed by atoms with Crippen LogP contribution in [0.4, 0.5) is 5.82 Å². The second kappa shape index (κ2) is 3.12. The van der Waals surface area contributed by atoms with Crippen molar-refractivity contribution >= 4 is 25.0 Å². The highest BCUT2D eigenvalue weighted by molar-refractivity contribution is 7.82. The molecule has 1 rings (SSSR count). The van der Waals surface area contributed by atoms with Gasteiger partial charge >= 0.3 is 0 Å². The molecule has 1 aromatic rings. The number of thiol groups is 1. The fourth-order valence-electron chi connectivity index (χ4n) is 0.636. The molecule has 0 bridgehead atoms. The van der Waals surface area contributed by atoms with Gasteiger partial charge in [-0.05, 0) is 6.07 Å². The van der Waals surface area contributed by atoms with Crippen molar-refractivity contribution < 1.29 is 4.79 Å². The largest absolute Gasteiger partial charge is 0.346 e. The number of hydrogen-bond donors (Lipinski definition) is 2. The number of amides is 1. The summed E-state index contributed by atoms with van der Waals surface area (Å²) in [5, 5.41) is 8.40. The smallest absolute Gasteiger partial charge is 0.225 e. The second-order valence-corrected chi connectivity index (χ2v) is 2.27. The molecule has 56 valence electrons. The molecule has 0 fully saturated rings. The van der Waals surface area contributed by atoms with Gasteiger partial charge in [-0.1, -0.05) is 12.8 Å². The first-order chi connectivity index (χ1) is 5.27. The number of aromatic nitrogens is 1. The number of nitriles is 1. The van der Waals surface area contributed by atoms with E-state index < -0.39 is 0 Å². The average Bonchev–Trinajstić information content (AvgIpc) is 2.50. The molecule has 0 aliphatic heterocycles. The van der Waals surface area contributed by atoms with Gasteiger partial charge in [0, 0.05) is 6.20 Å². The van der Waals surface area contributed by atoms with Crippen LogP contribution in [0.2, 0.25) is 0 Å². The average molecular weight is 167 g/mol. The number of H-pyrrole nitrogens is 1. The Morgan fingerprint density at radius 3 is 3.00 bits per heavy atom. The molecule has 5 heteroatoms. The van der Waals surface area contributed by atoms with Gasteiger partial charge in [0.1, 0.15) is 11.9 Å². The highest BCUT2D eigenvalue weighted by Crippen LogP contribution is 2.13. The summed E-state index contributed by atoms with van der Waals surface area (Å²) in [6.07, 6.45) is 2.04. The van der Waals surface area contributed by atoms with E-state index in [-0.39, 0.29) is 0 Å². The monoisotopic (exact) mass is 167 g/mol. The molecule has 0 saturated heterocycles. The van der Waals surface area contributed by atoms with E-state index in [1.54, 1.807) is 0 Å². The molecule has 1 heterocycles. The molecule has 11 heavy (non-hydrogen) atoms. The molecule has 0 radical (unpaired) electrons. The van der Waals surface area contributed by atoms with Gasteiger partial charge in [0.25, 0.3) is 0 Å². The second-order valence-electron chi connectivity index (χ2n) is 1.84. The van der Waals surface area contributed by atoms with Gasteiger partial charge in [-0.25, -0.2) is 4.31 Å². The molecule has 0 spiro atoms. The summed E-state index contributed by atoms with van der Waals surface area (Å²) in [5.41, 5.74) is 0.473. The Labute approximate surface area is 69.0 Å². The summed E-state index contributed by atoms with van der Waals surface area (Å²) in [7, 11) is 0. The van der Waals surface area contributed by atoms with Crippen molar-refractivity contribution in [2.24, 2.45) is 0 Å². The van der Waals surface area contributed by atoms with E-state index >= 15 is 0 Å². The van der Waals surface area contributed by atoms with Crippen LogP contribution in [-0.2, 0) is 4.79 Å². The zero-order chi connectivity index (χ0) is 8.27. The molecule has 0 aliphatic rings. The number of nitrogens with one attached hydrogen (secondary N) is 1. The molecular weight excluding hydrogens is 162 g/mol. The van der Waals surface area contributed by atoms with Crippen molar-refractivity contribution in [3.63, 3.8) is 0 Å². The predicted octanol–water partition coefficient (Wildman–Crippen LogP) is 0.694. The Kier molecular flexibility index (Phi) is 2.18. The first kappa shape index (κ1) is 7.69. The third-order valence-electron chi connectivity index (χ3n) is 1.14. The summed E-state index contributed by atoms with van der Waals surface area (Å²) in [6.45, 7) is 0. The number of carbonyl (C=O) groups is 1. The lowest BCUT2D eigenvalue weighted by atomic mass is 10.4. The highest BCUT2D eigenvalue weighted by Gasteiger charge is 2.01. The molecule has 0 aliphatic carbocycles. The number of aromatic amines is 1. The minimum absolute atomic E-state index is 0.473. The van der Waals surface area contributed by atoms with E-state index in [0.29, 0.717) is 17.8 Å². The van der Waals surface area contributed by atoms with Crippen LogP contribution in [0.15, 0.2) is 12.3 Å². The normalized spacial score (nSPS) is 8.73. The van der Waals surface area contributed by atoms with Gasteiger partial charge in [0.2, 0.25) is 6.41 Å². The standard InChI is InChI=1S/C6H5N3OS/c7-2-5-1-6(8-3-5)9(11)4-10/h1,3-4,8,11H. The van der Waals surface area contributed by atoms with Crippen LogP contribution in [0.1, 0.15) is 5.56 Å². The van der Waals surface area contributed by atoms with E-state index in [0.717, 1.165) is 4.31 Å². The van der Waals surface area contributed by atoms with Gasteiger partial charge in [-0.15, -0.1) is 0 Å². The fraction of sp³-hybridized carbons (Fsp3) is 0. The summed E-state index contributed by atoms with van der Waals surface area (Å²) in [6, 6.07) is 3.45. The third kappa shape index (κ3) is 1.53. The SMILES string of the molecule is N#Cc1c[nH]c(N(S)C=O)c1. The van der Waals surface area contributed by atoms with Crippen LogP contribution < -0.4 is 4.31 Å². The Bertz CT molecular complexity index is 301. The van der Waals surface area contributed by atoms with E-state index in [1.165, 1.54) is 12.3 Å². The number of carbonyl (C=O) groups excluding carboxylic acids is 1. The number of rotatable bonds is 2. The molecule has 0 unspecified atom stereocenters. The van der Waals surface area contributed by atoms with Crippen LogP contribution in [0, 0.1) is 11.3 Å². The van der Waals surface area contributed by atoms with Crippen molar-refractivity contribution in [3.05, 3.63) is 17.8 Å². The van der Waals surface area contributed by atoms with Crippen molar-refractivity contribution in [1.82, 2.24) is 4.98 Å².